The maximum Gasteiger partial charge on any atom is 0.408 e. The van der Waals surface area contributed by atoms with Crippen LogP contribution in [-0.2, 0) is 37.4 Å². The number of unbranched alkanes of at least 4 members (excludes halogenated alkanes) is 13. The molecule has 0 aliphatic carbocycles. The quantitative estimate of drug-likeness (QED) is 0.0287. The number of methoxy groups -OCH3 is 1. The van der Waals surface area contributed by atoms with E-state index in [0.717, 1.165) is 56.5 Å². The molecule has 0 rings (SSSR count). The monoisotopic (exact) mass is 882 g/mol. The molecule has 0 saturated heterocycles. The molecule has 0 radical (unpaired) electrons. The van der Waals surface area contributed by atoms with Gasteiger partial charge < -0.3 is 28.4 Å². The minimum absolute atomic E-state index is 0.0600. The molecule has 0 aromatic rings. The van der Waals surface area contributed by atoms with Crippen molar-refractivity contribution in [2.75, 3.05) is 26.8 Å². The summed E-state index contributed by atoms with van der Waals surface area (Å²) in [5.41, 5.74) is -0.707. The van der Waals surface area contributed by atoms with Gasteiger partial charge >= 0.3 is 6.09 Å². The van der Waals surface area contributed by atoms with E-state index in [2.05, 4.69) is 73.8 Å². The van der Waals surface area contributed by atoms with Crippen molar-refractivity contribution in [3.63, 3.8) is 0 Å². The SMILES string of the molecule is CC[C@H](C)[C@H](CCCCCCCCCCCCCCCC[C@@H](OS(C)(=O)=O)[C@@H](O[Si](CC)(CC)CC)[C@H](CO[Si](C)(C)C(C)(C)C)NC(=O)OC(C)(C)C)OCOC. The van der Waals surface area contributed by atoms with Crippen molar-refractivity contribution in [1.29, 1.82) is 0 Å². The van der Waals surface area contributed by atoms with Gasteiger partial charge in [0, 0.05) is 7.11 Å². The van der Waals surface area contributed by atoms with Crippen LogP contribution >= 0.6 is 0 Å². The maximum absolute atomic E-state index is 13.4. The van der Waals surface area contributed by atoms with Crippen LogP contribution in [0.5, 0.6) is 0 Å². The lowest BCUT2D eigenvalue weighted by atomic mass is 9.96. The highest BCUT2D eigenvalue weighted by Gasteiger charge is 2.44. The zero-order chi connectivity index (χ0) is 44.5. The van der Waals surface area contributed by atoms with Crippen molar-refractivity contribution < 1.29 is 40.5 Å². The summed E-state index contributed by atoms with van der Waals surface area (Å²) in [6.07, 6.45) is 19.0. The maximum atomic E-state index is 13.4. The molecule has 0 fully saturated rings. The van der Waals surface area contributed by atoms with Gasteiger partial charge in [-0.3, -0.25) is 4.18 Å². The van der Waals surface area contributed by atoms with Crippen LogP contribution in [0.3, 0.4) is 0 Å². The van der Waals surface area contributed by atoms with E-state index in [1.54, 1.807) is 7.11 Å². The van der Waals surface area contributed by atoms with Gasteiger partial charge in [0.1, 0.15) is 18.5 Å². The van der Waals surface area contributed by atoms with Crippen LogP contribution in [0.25, 0.3) is 0 Å². The summed E-state index contributed by atoms with van der Waals surface area (Å²) in [7, 11) is -6.71. The number of carbonyl (C=O) groups excluding carboxylic acids is 1. The van der Waals surface area contributed by atoms with Gasteiger partial charge in [-0.25, -0.2) is 4.79 Å². The number of amides is 1. The molecule has 1 N–H and O–H groups in total. The Balaban J connectivity index is 5.35. The first-order valence-electron chi connectivity index (χ1n) is 23.3. The smallest absolute Gasteiger partial charge is 0.408 e. The van der Waals surface area contributed by atoms with Gasteiger partial charge in [0.15, 0.2) is 16.6 Å². The van der Waals surface area contributed by atoms with Crippen LogP contribution in [0.2, 0.25) is 36.3 Å². The van der Waals surface area contributed by atoms with Crippen molar-refractivity contribution in [2.24, 2.45) is 5.92 Å². The number of carbonyl (C=O) groups is 1. The molecule has 0 aliphatic rings. The van der Waals surface area contributed by atoms with Crippen LogP contribution < -0.4 is 5.32 Å². The van der Waals surface area contributed by atoms with Gasteiger partial charge in [-0.2, -0.15) is 8.42 Å². The summed E-state index contributed by atoms with van der Waals surface area (Å²) in [6, 6.07) is 1.95. The Labute approximate surface area is 361 Å². The van der Waals surface area contributed by atoms with Gasteiger partial charge in [-0.15, -0.1) is 0 Å². The molecule has 0 aliphatic heterocycles. The van der Waals surface area contributed by atoms with Gasteiger partial charge in [-0.05, 0) is 75.8 Å². The van der Waals surface area contributed by atoms with E-state index in [1.807, 2.05) is 20.8 Å². The molecule has 0 aromatic carbocycles. The summed E-state index contributed by atoms with van der Waals surface area (Å²) < 4.78 is 62.2. The zero-order valence-corrected chi connectivity index (χ0v) is 43.3. The third kappa shape index (κ3) is 26.0. The van der Waals surface area contributed by atoms with Crippen molar-refractivity contribution in [1.82, 2.24) is 5.32 Å². The van der Waals surface area contributed by atoms with Gasteiger partial charge in [0.2, 0.25) is 0 Å². The Bertz CT molecular complexity index is 1150. The van der Waals surface area contributed by atoms with Gasteiger partial charge in [-0.1, -0.05) is 152 Å². The van der Waals surface area contributed by atoms with Crippen molar-refractivity contribution in [2.45, 2.75) is 252 Å². The molecule has 0 saturated carbocycles. The van der Waals surface area contributed by atoms with Crippen LogP contribution in [-0.4, -0.2) is 87.9 Å². The lowest BCUT2D eigenvalue weighted by Gasteiger charge is -2.42. The molecular formula is C45H95NO9SSi2. The summed E-state index contributed by atoms with van der Waals surface area (Å²) in [5.74, 6) is 0.573. The molecule has 0 spiro atoms. The predicted molar refractivity (Wildman–Crippen MR) is 248 cm³/mol. The fraction of sp³-hybridized carbons (Fsp3) is 0.978. The molecule has 0 aromatic heterocycles. The molecule has 10 nitrogen and oxygen atoms in total. The van der Waals surface area contributed by atoms with E-state index in [9.17, 15) is 13.2 Å². The summed E-state index contributed by atoms with van der Waals surface area (Å²) in [5, 5.41) is 3.02. The Morgan fingerprint density at radius 1 is 0.707 bits per heavy atom. The number of alkyl carbamates (subject to hydrolysis) is 1. The summed E-state index contributed by atoms with van der Waals surface area (Å²) in [6.45, 7) is 27.9. The topological polar surface area (TPSA) is 119 Å². The standard InChI is InChI=1S/C45H95NO9SSi2/c1-16-38(5)40(51-37-50-12)34-32-30-28-26-24-22-20-21-23-25-27-29-31-33-35-41(54-56(13,48)49)42(55-58(17-2,18-3)19-4)39(46-43(47)53-44(6,7)8)36-52-57(14,15)45(9,10)11/h38-42H,16-37H2,1-15H3,(H,46,47)/t38-,39-,40-,41+,42-/m0/s1. The third-order valence-electron chi connectivity index (χ3n) is 12.4. The molecule has 348 valence electrons. The van der Waals surface area contributed by atoms with E-state index in [0.29, 0.717) is 25.2 Å². The highest BCUT2D eigenvalue weighted by atomic mass is 32.2. The third-order valence-corrected chi connectivity index (χ3v) is 22.2. The largest absolute Gasteiger partial charge is 0.444 e. The molecule has 0 heterocycles. The molecule has 0 bridgehead atoms. The molecule has 1 amide bonds. The minimum Gasteiger partial charge on any atom is -0.444 e. The van der Waals surface area contributed by atoms with Crippen LogP contribution in [0.4, 0.5) is 4.79 Å². The zero-order valence-electron chi connectivity index (χ0n) is 40.5. The second kappa shape index (κ2) is 29.7. The Morgan fingerprint density at radius 3 is 1.50 bits per heavy atom. The second-order valence-electron chi connectivity index (χ2n) is 19.5. The van der Waals surface area contributed by atoms with Crippen molar-refractivity contribution >= 4 is 32.8 Å². The number of rotatable bonds is 35. The average Bonchev–Trinajstić information content (AvgIpc) is 3.12. The van der Waals surface area contributed by atoms with Crippen LogP contribution in [0.1, 0.15) is 185 Å². The predicted octanol–water partition coefficient (Wildman–Crippen LogP) is 12.9. The van der Waals surface area contributed by atoms with Crippen molar-refractivity contribution in [3.05, 3.63) is 0 Å². The summed E-state index contributed by atoms with van der Waals surface area (Å²) >= 11 is 0. The van der Waals surface area contributed by atoms with Gasteiger partial charge in [0.25, 0.3) is 10.1 Å². The molecule has 13 heteroatoms. The van der Waals surface area contributed by atoms with Crippen LogP contribution in [0, 0.1) is 5.92 Å². The highest BCUT2D eigenvalue weighted by molar-refractivity contribution is 7.86. The van der Waals surface area contributed by atoms with E-state index in [1.165, 1.54) is 70.6 Å². The first-order chi connectivity index (χ1) is 27.0. The fourth-order valence-corrected chi connectivity index (χ4v) is 11.7. The van der Waals surface area contributed by atoms with E-state index >= 15 is 0 Å². The molecular weight excluding hydrogens is 787 g/mol. The summed E-state index contributed by atoms with van der Waals surface area (Å²) in [4.78, 5) is 13.4. The lowest BCUT2D eigenvalue weighted by Crippen LogP contribution is -2.59. The van der Waals surface area contributed by atoms with Crippen LogP contribution in [0.15, 0.2) is 0 Å². The fourth-order valence-electron chi connectivity index (χ4n) is 7.15. The normalized spacial score (nSPS) is 15.8. The minimum atomic E-state index is -3.83. The highest BCUT2D eigenvalue weighted by Crippen LogP contribution is 2.37. The number of hydrogen-bond donors (Lipinski definition) is 1. The molecule has 58 heavy (non-hydrogen) atoms. The van der Waals surface area contributed by atoms with E-state index in [4.69, 9.17) is 27.2 Å². The number of hydrogen-bond acceptors (Lipinski definition) is 9. The number of nitrogens with one attached hydrogen (secondary N) is 1. The first-order valence-corrected chi connectivity index (χ1v) is 30.6. The Morgan fingerprint density at radius 2 is 1.14 bits per heavy atom. The average molecular weight is 882 g/mol. The Kier molecular flexibility index (Phi) is 29.4. The van der Waals surface area contributed by atoms with Gasteiger partial charge in [0.05, 0.1) is 31.1 Å². The lowest BCUT2D eigenvalue weighted by molar-refractivity contribution is -0.0924. The molecule has 5 atom stereocenters. The first kappa shape index (κ1) is 57.5. The van der Waals surface area contributed by atoms with E-state index in [-0.39, 0.29) is 11.6 Å². The Hall–Kier alpha value is -0.546. The number of ether oxygens (including phenoxy) is 3. The van der Waals surface area contributed by atoms with E-state index < -0.39 is 56.7 Å². The molecule has 0 unspecified atom stereocenters. The second-order valence-corrected chi connectivity index (χ2v) is 30.6. The van der Waals surface area contributed by atoms with Crippen molar-refractivity contribution in [3.8, 4) is 0 Å².